The van der Waals surface area contributed by atoms with E-state index in [1.165, 1.54) is 52.1 Å². The van der Waals surface area contributed by atoms with Gasteiger partial charge in [0.1, 0.15) is 5.00 Å². The summed E-state index contributed by atoms with van der Waals surface area (Å²) in [5, 5.41) is 3.55. The van der Waals surface area contributed by atoms with Gasteiger partial charge in [-0.1, -0.05) is 26.0 Å². The SMILES string of the molecule is C=CCN(CC=C)S(=O)(=O)c1ccc(C(=O)Nc2sc3c(c2C(=O)N(CCC)CCC)CCN(C(C)C)C3)cc1. The number of anilines is 1. The molecular formula is C30H42N4O4S2. The van der Waals surface area contributed by atoms with E-state index in [-0.39, 0.29) is 29.8 Å². The molecule has 2 amide bonds. The number of amides is 2. The van der Waals surface area contributed by atoms with Crippen LogP contribution in [0.4, 0.5) is 5.00 Å². The third kappa shape index (κ3) is 7.09. The highest BCUT2D eigenvalue weighted by Crippen LogP contribution is 2.38. The van der Waals surface area contributed by atoms with Gasteiger partial charge in [0.25, 0.3) is 11.8 Å². The van der Waals surface area contributed by atoms with E-state index in [0.29, 0.717) is 35.3 Å². The number of rotatable bonds is 14. The number of benzene rings is 1. The van der Waals surface area contributed by atoms with E-state index in [0.717, 1.165) is 42.8 Å². The zero-order valence-corrected chi connectivity index (χ0v) is 25.7. The summed E-state index contributed by atoms with van der Waals surface area (Å²) in [5.41, 5.74) is 1.94. The van der Waals surface area contributed by atoms with Gasteiger partial charge in [0.2, 0.25) is 10.0 Å². The molecule has 2 aromatic rings. The maximum absolute atomic E-state index is 13.8. The summed E-state index contributed by atoms with van der Waals surface area (Å²) in [4.78, 5) is 32.6. The Hall–Kier alpha value is -2.79. The quantitative estimate of drug-likeness (QED) is 0.300. The van der Waals surface area contributed by atoms with Gasteiger partial charge in [0.05, 0.1) is 10.5 Å². The third-order valence-corrected chi connectivity index (χ3v) is 9.93. The molecule has 40 heavy (non-hydrogen) atoms. The maximum Gasteiger partial charge on any atom is 0.257 e. The first kappa shape index (κ1) is 31.7. The van der Waals surface area contributed by atoms with Gasteiger partial charge in [-0.25, -0.2) is 8.42 Å². The average molecular weight is 587 g/mol. The first-order valence-electron chi connectivity index (χ1n) is 13.9. The topological polar surface area (TPSA) is 90.0 Å². The van der Waals surface area contributed by atoms with Crippen LogP contribution in [0.15, 0.2) is 54.5 Å². The Morgan fingerprint density at radius 3 is 2.20 bits per heavy atom. The zero-order chi connectivity index (χ0) is 29.4. The first-order chi connectivity index (χ1) is 19.1. The van der Waals surface area contributed by atoms with E-state index in [1.54, 1.807) is 0 Å². The molecule has 10 heteroatoms. The Balaban J connectivity index is 1.93. The minimum Gasteiger partial charge on any atom is -0.339 e. The average Bonchev–Trinajstić information content (AvgIpc) is 3.29. The predicted octanol–water partition coefficient (Wildman–Crippen LogP) is 5.39. The summed E-state index contributed by atoms with van der Waals surface area (Å²) in [6.07, 6.45) is 5.50. The largest absolute Gasteiger partial charge is 0.339 e. The molecule has 218 valence electrons. The molecule has 0 bridgehead atoms. The molecule has 1 aliphatic heterocycles. The third-order valence-electron chi connectivity index (χ3n) is 6.95. The minimum atomic E-state index is -3.77. The summed E-state index contributed by atoms with van der Waals surface area (Å²) in [6, 6.07) is 6.24. The van der Waals surface area contributed by atoms with Crippen molar-refractivity contribution in [1.29, 1.82) is 0 Å². The smallest absolute Gasteiger partial charge is 0.257 e. The molecule has 0 atom stereocenters. The van der Waals surface area contributed by atoms with Gasteiger partial charge in [-0.3, -0.25) is 14.5 Å². The van der Waals surface area contributed by atoms with E-state index < -0.39 is 10.0 Å². The van der Waals surface area contributed by atoms with Crippen LogP contribution >= 0.6 is 11.3 Å². The molecule has 0 unspecified atom stereocenters. The number of carbonyl (C=O) groups is 2. The van der Waals surface area contributed by atoms with E-state index in [4.69, 9.17) is 0 Å². The molecule has 1 aliphatic rings. The lowest BCUT2D eigenvalue weighted by molar-refractivity contribution is 0.0755. The van der Waals surface area contributed by atoms with Crippen LogP contribution in [0.25, 0.3) is 0 Å². The van der Waals surface area contributed by atoms with Crippen molar-refractivity contribution in [3.8, 4) is 0 Å². The van der Waals surface area contributed by atoms with Gasteiger partial charge < -0.3 is 10.2 Å². The zero-order valence-electron chi connectivity index (χ0n) is 24.1. The lowest BCUT2D eigenvalue weighted by atomic mass is 10.0. The molecule has 0 spiro atoms. The monoisotopic (exact) mass is 586 g/mol. The Bertz CT molecular complexity index is 1300. The predicted molar refractivity (Wildman–Crippen MR) is 164 cm³/mol. The Kier molecular flexibility index (Phi) is 11.3. The highest BCUT2D eigenvalue weighted by atomic mass is 32.2. The van der Waals surface area contributed by atoms with Gasteiger partial charge in [-0.05, 0) is 62.9 Å². The molecule has 0 saturated heterocycles. The molecule has 1 aromatic heterocycles. The molecule has 0 aliphatic carbocycles. The van der Waals surface area contributed by atoms with E-state index in [2.05, 4.69) is 51.1 Å². The van der Waals surface area contributed by atoms with Crippen molar-refractivity contribution in [1.82, 2.24) is 14.1 Å². The molecule has 0 fully saturated rings. The summed E-state index contributed by atoms with van der Waals surface area (Å²) in [5.74, 6) is -0.427. The van der Waals surface area contributed by atoms with Crippen LogP contribution in [0.3, 0.4) is 0 Å². The number of thiophene rings is 1. The summed E-state index contributed by atoms with van der Waals surface area (Å²) < 4.78 is 27.4. The van der Waals surface area contributed by atoms with Crippen LogP contribution in [-0.2, 0) is 23.0 Å². The second kappa shape index (κ2) is 14.2. The second-order valence-electron chi connectivity index (χ2n) is 10.2. The van der Waals surface area contributed by atoms with Crippen LogP contribution in [0.1, 0.15) is 71.7 Å². The second-order valence-corrected chi connectivity index (χ2v) is 13.2. The molecule has 1 N–H and O–H groups in total. The fraction of sp³-hybridized carbons (Fsp3) is 0.467. The number of carbonyl (C=O) groups excluding carboxylic acids is 2. The molecule has 0 radical (unpaired) electrons. The highest BCUT2D eigenvalue weighted by Gasteiger charge is 2.31. The van der Waals surface area contributed by atoms with Crippen LogP contribution in [-0.4, -0.2) is 73.1 Å². The van der Waals surface area contributed by atoms with Gasteiger partial charge in [-0.2, -0.15) is 4.31 Å². The standard InChI is InChI=1S/C30H42N4O4S2/c1-7-16-32(17-8-2)30(36)27-25-15-20-33(22(5)6)21-26(25)39-29(27)31-28(35)23-11-13-24(14-12-23)40(37,38)34(18-9-3)19-10-4/h9-14,22H,3-4,7-8,15-21H2,1-2,5-6H3,(H,31,35). The van der Waals surface area contributed by atoms with Gasteiger partial charge >= 0.3 is 0 Å². The number of nitrogens with one attached hydrogen (secondary N) is 1. The van der Waals surface area contributed by atoms with E-state index in [9.17, 15) is 18.0 Å². The van der Waals surface area contributed by atoms with Crippen molar-refractivity contribution in [2.24, 2.45) is 0 Å². The Morgan fingerprint density at radius 1 is 1.07 bits per heavy atom. The van der Waals surface area contributed by atoms with Crippen molar-refractivity contribution in [2.75, 3.05) is 38.0 Å². The fourth-order valence-electron chi connectivity index (χ4n) is 4.85. The molecule has 8 nitrogen and oxygen atoms in total. The van der Waals surface area contributed by atoms with Crippen LogP contribution < -0.4 is 5.32 Å². The first-order valence-corrected chi connectivity index (χ1v) is 16.2. The van der Waals surface area contributed by atoms with Gasteiger partial charge in [0, 0.05) is 55.8 Å². The molecule has 1 aromatic carbocycles. The fourth-order valence-corrected chi connectivity index (χ4v) is 7.49. The van der Waals surface area contributed by atoms with E-state index >= 15 is 0 Å². The number of sulfonamides is 1. The lowest BCUT2D eigenvalue weighted by Gasteiger charge is -2.31. The molecule has 3 rings (SSSR count). The van der Waals surface area contributed by atoms with Crippen molar-refractivity contribution in [3.63, 3.8) is 0 Å². The van der Waals surface area contributed by atoms with Crippen molar-refractivity contribution in [2.45, 2.75) is 64.4 Å². The van der Waals surface area contributed by atoms with Crippen LogP contribution in [0.5, 0.6) is 0 Å². The summed E-state index contributed by atoms with van der Waals surface area (Å²) >= 11 is 1.47. The minimum absolute atomic E-state index is 0.0412. The summed E-state index contributed by atoms with van der Waals surface area (Å²) in [7, 11) is -3.77. The number of fused-ring (bicyclic) bond motifs is 1. The number of hydrogen-bond donors (Lipinski definition) is 1. The Labute approximate surface area is 243 Å². The van der Waals surface area contributed by atoms with Crippen molar-refractivity contribution < 1.29 is 18.0 Å². The van der Waals surface area contributed by atoms with Gasteiger partial charge in [0.15, 0.2) is 0 Å². The number of nitrogens with zero attached hydrogens (tertiary/aromatic N) is 3. The molecular weight excluding hydrogens is 544 g/mol. The molecule has 2 heterocycles. The summed E-state index contributed by atoms with van der Waals surface area (Å²) in [6.45, 7) is 18.9. The lowest BCUT2D eigenvalue weighted by Crippen LogP contribution is -2.37. The van der Waals surface area contributed by atoms with Crippen molar-refractivity contribution in [3.05, 3.63) is 71.1 Å². The highest BCUT2D eigenvalue weighted by molar-refractivity contribution is 7.89. The van der Waals surface area contributed by atoms with E-state index in [1.807, 2.05) is 4.90 Å². The number of hydrogen-bond acceptors (Lipinski definition) is 6. The van der Waals surface area contributed by atoms with Crippen molar-refractivity contribution >= 4 is 38.2 Å². The molecule has 0 saturated carbocycles. The normalized spacial score (nSPS) is 13.8. The van der Waals surface area contributed by atoms with Crippen LogP contribution in [0.2, 0.25) is 0 Å². The van der Waals surface area contributed by atoms with Gasteiger partial charge in [-0.15, -0.1) is 24.5 Å². The maximum atomic E-state index is 13.8. The Morgan fingerprint density at radius 2 is 1.68 bits per heavy atom. The van der Waals surface area contributed by atoms with Crippen LogP contribution in [0, 0.1) is 0 Å².